The van der Waals surface area contributed by atoms with E-state index in [-0.39, 0.29) is 6.04 Å². The van der Waals surface area contributed by atoms with Crippen LogP contribution in [0.5, 0.6) is 0 Å². The average Bonchev–Trinajstić information content (AvgIpc) is 2.29. The molecule has 1 aliphatic heterocycles. The van der Waals surface area contributed by atoms with Crippen molar-refractivity contribution in [2.24, 2.45) is 5.73 Å². The van der Waals surface area contributed by atoms with Crippen molar-refractivity contribution >= 4 is 11.8 Å². The third kappa shape index (κ3) is 2.61. The quantitative estimate of drug-likeness (QED) is 0.847. The molecule has 2 rings (SSSR count). The minimum Gasteiger partial charge on any atom is -0.323 e. The molecular formula is C14H21NS. The molecule has 0 amide bonds. The van der Waals surface area contributed by atoms with Gasteiger partial charge in [-0.1, -0.05) is 30.2 Å². The summed E-state index contributed by atoms with van der Waals surface area (Å²) in [7, 11) is 0. The normalized spacial score (nSPS) is 23.1. The van der Waals surface area contributed by atoms with Crippen LogP contribution < -0.4 is 5.73 Å². The van der Waals surface area contributed by atoms with E-state index in [2.05, 4.69) is 43.8 Å². The van der Waals surface area contributed by atoms with E-state index in [9.17, 15) is 0 Å². The maximum Gasteiger partial charge on any atom is 0.0418 e. The molecule has 1 saturated heterocycles. The zero-order chi connectivity index (χ0) is 11.5. The Labute approximate surface area is 103 Å². The second kappa shape index (κ2) is 5.24. The lowest BCUT2D eigenvalue weighted by atomic mass is 9.95. The first kappa shape index (κ1) is 12.0. The first-order chi connectivity index (χ1) is 7.68. The molecule has 0 spiro atoms. The minimum absolute atomic E-state index is 0.214. The highest BCUT2D eigenvalue weighted by Crippen LogP contribution is 2.34. The van der Waals surface area contributed by atoms with Crippen molar-refractivity contribution in [3.63, 3.8) is 0 Å². The Kier molecular flexibility index (Phi) is 3.93. The van der Waals surface area contributed by atoms with Crippen molar-refractivity contribution in [2.45, 2.75) is 44.4 Å². The zero-order valence-corrected chi connectivity index (χ0v) is 11.0. The topological polar surface area (TPSA) is 26.0 Å². The highest BCUT2D eigenvalue weighted by Gasteiger charge is 2.23. The molecule has 1 aromatic rings. The van der Waals surface area contributed by atoms with Crippen LogP contribution >= 0.6 is 11.8 Å². The van der Waals surface area contributed by atoms with Gasteiger partial charge in [0.05, 0.1) is 0 Å². The summed E-state index contributed by atoms with van der Waals surface area (Å²) < 4.78 is 0. The van der Waals surface area contributed by atoms with E-state index in [1.165, 1.54) is 41.7 Å². The SMILES string of the molecule is Cc1ccc(C(N)C2CCCCS2)c(C)c1. The first-order valence-electron chi connectivity index (χ1n) is 6.13. The van der Waals surface area contributed by atoms with Crippen LogP contribution in [0.4, 0.5) is 0 Å². The molecule has 2 atom stereocenters. The lowest BCUT2D eigenvalue weighted by Gasteiger charge is -2.28. The summed E-state index contributed by atoms with van der Waals surface area (Å²) in [6, 6.07) is 6.84. The molecule has 0 aromatic heterocycles. The lowest BCUT2D eigenvalue weighted by Crippen LogP contribution is -2.26. The molecule has 2 heteroatoms. The van der Waals surface area contributed by atoms with Crippen LogP contribution in [0, 0.1) is 13.8 Å². The predicted octanol–water partition coefficient (Wildman–Crippen LogP) is 3.59. The molecule has 1 nitrogen and oxygen atoms in total. The van der Waals surface area contributed by atoms with Gasteiger partial charge in [0.25, 0.3) is 0 Å². The highest BCUT2D eigenvalue weighted by molar-refractivity contribution is 8.00. The van der Waals surface area contributed by atoms with Gasteiger partial charge in [-0.2, -0.15) is 11.8 Å². The van der Waals surface area contributed by atoms with Crippen molar-refractivity contribution in [1.82, 2.24) is 0 Å². The van der Waals surface area contributed by atoms with E-state index < -0.39 is 0 Å². The van der Waals surface area contributed by atoms with Gasteiger partial charge < -0.3 is 5.73 Å². The third-order valence-corrected chi connectivity index (χ3v) is 4.88. The molecular weight excluding hydrogens is 214 g/mol. The fraction of sp³-hybridized carbons (Fsp3) is 0.571. The molecule has 0 aliphatic carbocycles. The van der Waals surface area contributed by atoms with Crippen LogP contribution in [-0.4, -0.2) is 11.0 Å². The molecule has 88 valence electrons. The second-order valence-electron chi connectivity index (χ2n) is 4.79. The maximum atomic E-state index is 6.40. The number of aryl methyl sites for hydroxylation is 2. The largest absolute Gasteiger partial charge is 0.323 e. The molecule has 16 heavy (non-hydrogen) atoms. The van der Waals surface area contributed by atoms with Crippen molar-refractivity contribution in [3.8, 4) is 0 Å². The number of nitrogens with two attached hydrogens (primary N) is 1. The highest BCUT2D eigenvalue weighted by atomic mass is 32.2. The molecule has 1 aromatic carbocycles. The van der Waals surface area contributed by atoms with Gasteiger partial charge in [0.1, 0.15) is 0 Å². The number of thioether (sulfide) groups is 1. The molecule has 1 fully saturated rings. The van der Waals surface area contributed by atoms with Crippen molar-refractivity contribution < 1.29 is 0 Å². The van der Waals surface area contributed by atoms with E-state index in [1.54, 1.807) is 0 Å². The molecule has 0 saturated carbocycles. The molecule has 2 unspecified atom stereocenters. The van der Waals surface area contributed by atoms with Crippen LogP contribution in [0.3, 0.4) is 0 Å². The fourth-order valence-electron chi connectivity index (χ4n) is 2.45. The van der Waals surface area contributed by atoms with Gasteiger partial charge >= 0.3 is 0 Å². The standard InChI is InChI=1S/C14H21NS/c1-10-6-7-12(11(2)9-10)14(15)13-5-3-4-8-16-13/h6-7,9,13-14H,3-5,8,15H2,1-2H3. The predicted molar refractivity (Wildman–Crippen MR) is 72.9 cm³/mol. The summed E-state index contributed by atoms with van der Waals surface area (Å²) in [4.78, 5) is 0. The van der Waals surface area contributed by atoms with Gasteiger partial charge in [0, 0.05) is 11.3 Å². The zero-order valence-electron chi connectivity index (χ0n) is 10.2. The smallest absolute Gasteiger partial charge is 0.0418 e. The van der Waals surface area contributed by atoms with Crippen LogP contribution in [-0.2, 0) is 0 Å². The Balaban J connectivity index is 2.15. The van der Waals surface area contributed by atoms with Gasteiger partial charge in [-0.05, 0) is 43.6 Å². The van der Waals surface area contributed by atoms with Gasteiger partial charge in [-0.25, -0.2) is 0 Å². The van der Waals surface area contributed by atoms with Crippen LogP contribution in [0.2, 0.25) is 0 Å². The minimum atomic E-state index is 0.214. The Bertz CT molecular complexity index is 356. The number of hydrogen-bond acceptors (Lipinski definition) is 2. The van der Waals surface area contributed by atoms with Gasteiger partial charge in [-0.3, -0.25) is 0 Å². The van der Waals surface area contributed by atoms with Crippen LogP contribution in [0.25, 0.3) is 0 Å². The second-order valence-corrected chi connectivity index (χ2v) is 6.14. The van der Waals surface area contributed by atoms with Crippen molar-refractivity contribution in [1.29, 1.82) is 0 Å². The molecule has 2 N–H and O–H groups in total. The Morgan fingerprint density at radius 1 is 1.31 bits per heavy atom. The third-order valence-electron chi connectivity index (χ3n) is 3.40. The molecule has 0 bridgehead atoms. The summed E-state index contributed by atoms with van der Waals surface area (Å²) in [5.41, 5.74) is 10.4. The summed E-state index contributed by atoms with van der Waals surface area (Å²) in [5.74, 6) is 1.28. The molecule has 1 aliphatic rings. The van der Waals surface area contributed by atoms with E-state index in [1.807, 2.05) is 0 Å². The first-order valence-corrected chi connectivity index (χ1v) is 7.17. The monoisotopic (exact) mass is 235 g/mol. The van der Waals surface area contributed by atoms with E-state index in [4.69, 9.17) is 5.73 Å². The Morgan fingerprint density at radius 3 is 2.75 bits per heavy atom. The summed E-state index contributed by atoms with van der Waals surface area (Å²) >= 11 is 2.05. The maximum absolute atomic E-state index is 6.40. The van der Waals surface area contributed by atoms with E-state index >= 15 is 0 Å². The van der Waals surface area contributed by atoms with Crippen LogP contribution in [0.1, 0.15) is 42.0 Å². The number of hydrogen-bond donors (Lipinski definition) is 1. The van der Waals surface area contributed by atoms with Gasteiger partial charge in [0.2, 0.25) is 0 Å². The molecule has 0 radical (unpaired) electrons. The van der Waals surface area contributed by atoms with E-state index in [0.29, 0.717) is 5.25 Å². The van der Waals surface area contributed by atoms with Crippen molar-refractivity contribution in [2.75, 3.05) is 5.75 Å². The van der Waals surface area contributed by atoms with E-state index in [0.717, 1.165) is 0 Å². The fourth-order valence-corrected chi connectivity index (χ4v) is 3.81. The van der Waals surface area contributed by atoms with Crippen molar-refractivity contribution in [3.05, 3.63) is 34.9 Å². The van der Waals surface area contributed by atoms with Gasteiger partial charge in [0.15, 0.2) is 0 Å². The van der Waals surface area contributed by atoms with Crippen LogP contribution in [0.15, 0.2) is 18.2 Å². The number of benzene rings is 1. The number of rotatable bonds is 2. The summed E-state index contributed by atoms with van der Waals surface area (Å²) in [6.07, 6.45) is 3.98. The summed E-state index contributed by atoms with van der Waals surface area (Å²) in [5, 5.41) is 0.621. The van der Waals surface area contributed by atoms with Gasteiger partial charge in [-0.15, -0.1) is 0 Å². The summed E-state index contributed by atoms with van der Waals surface area (Å²) in [6.45, 7) is 4.31. The Hall–Kier alpha value is -0.470. The average molecular weight is 235 g/mol. The lowest BCUT2D eigenvalue weighted by molar-refractivity contribution is 0.580. The molecule has 1 heterocycles. The Morgan fingerprint density at radius 2 is 2.12 bits per heavy atom.